The lowest BCUT2D eigenvalue weighted by atomic mass is 9.93. The van der Waals surface area contributed by atoms with Crippen molar-refractivity contribution in [1.29, 1.82) is 0 Å². The van der Waals surface area contributed by atoms with Gasteiger partial charge in [0, 0.05) is 22.9 Å². The maximum absolute atomic E-state index is 13.3. The molecule has 7 heteroatoms. The summed E-state index contributed by atoms with van der Waals surface area (Å²) in [4.78, 5) is 31.0. The number of rotatable bonds is 7. The van der Waals surface area contributed by atoms with Crippen LogP contribution in [0, 0.1) is 0 Å². The second-order valence-electron chi connectivity index (χ2n) is 8.76. The van der Waals surface area contributed by atoms with Crippen molar-refractivity contribution in [2.45, 2.75) is 56.2 Å². The Kier molecular flexibility index (Phi) is 7.96. The highest BCUT2D eigenvalue weighted by Gasteiger charge is 2.41. The van der Waals surface area contributed by atoms with Crippen LogP contribution in [-0.2, 0) is 9.59 Å². The zero-order valence-corrected chi connectivity index (χ0v) is 19.6. The molecule has 0 radical (unpaired) electrons. The first-order chi connectivity index (χ1) is 15.1. The molecular formula is C24H32ClN3O2S. The molecule has 3 fully saturated rings. The number of thioether (sulfide) groups is 1. The predicted octanol–water partition coefficient (Wildman–Crippen LogP) is 4.17. The SMILES string of the molecule is O=C(CN1C(=O)/C(=C/c2cccc(Cl)c2)SC2CCCCC21)NCCCN1CCCC1. The summed E-state index contributed by atoms with van der Waals surface area (Å²) in [6.45, 7) is 4.22. The lowest BCUT2D eigenvalue weighted by molar-refractivity contribution is -0.135. The molecule has 2 heterocycles. The number of nitrogens with zero attached hydrogens (tertiary/aromatic N) is 2. The Morgan fingerprint density at radius 3 is 2.81 bits per heavy atom. The normalized spacial score (nSPS) is 25.6. The van der Waals surface area contributed by atoms with Crippen molar-refractivity contribution in [3.8, 4) is 0 Å². The number of carbonyl (C=O) groups is 2. The number of carbonyl (C=O) groups excluding carboxylic acids is 2. The highest BCUT2D eigenvalue weighted by Crippen LogP contribution is 2.42. The van der Waals surface area contributed by atoms with E-state index in [0.29, 0.717) is 21.7 Å². The fraction of sp³-hybridized carbons (Fsp3) is 0.583. The van der Waals surface area contributed by atoms with Crippen LogP contribution in [0.15, 0.2) is 29.2 Å². The summed E-state index contributed by atoms with van der Waals surface area (Å²) in [6.07, 6.45) is 9.83. The van der Waals surface area contributed by atoms with Gasteiger partial charge < -0.3 is 15.1 Å². The van der Waals surface area contributed by atoms with Crippen molar-refractivity contribution in [1.82, 2.24) is 15.1 Å². The van der Waals surface area contributed by atoms with Gasteiger partial charge in [-0.15, -0.1) is 11.8 Å². The van der Waals surface area contributed by atoms with Gasteiger partial charge in [-0.2, -0.15) is 0 Å². The van der Waals surface area contributed by atoms with Gasteiger partial charge in [0.05, 0.1) is 4.91 Å². The molecule has 2 unspecified atom stereocenters. The van der Waals surface area contributed by atoms with Gasteiger partial charge in [0.1, 0.15) is 6.54 Å². The van der Waals surface area contributed by atoms with E-state index in [0.717, 1.165) is 37.8 Å². The molecule has 2 atom stereocenters. The first-order valence-corrected chi connectivity index (χ1v) is 12.8. The maximum Gasteiger partial charge on any atom is 0.261 e. The van der Waals surface area contributed by atoms with E-state index in [1.807, 2.05) is 35.2 Å². The number of fused-ring (bicyclic) bond motifs is 1. The Hall–Kier alpha value is -1.50. The van der Waals surface area contributed by atoms with E-state index in [2.05, 4.69) is 10.2 Å². The molecular weight excluding hydrogens is 430 g/mol. The minimum atomic E-state index is -0.0481. The van der Waals surface area contributed by atoms with Crippen LogP contribution in [0.3, 0.4) is 0 Å². The van der Waals surface area contributed by atoms with E-state index in [1.54, 1.807) is 11.8 Å². The van der Waals surface area contributed by atoms with E-state index in [-0.39, 0.29) is 24.4 Å². The molecule has 168 valence electrons. The maximum atomic E-state index is 13.3. The van der Waals surface area contributed by atoms with Crippen LogP contribution < -0.4 is 5.32 Å². The topological polar surface area (TPSA) is 52.7 Å². The minimum Gasteiger partial charge on any atom is -0.355 e. The Labute approximate surface area is 194 Å². The Morgan fingerprint density at radius 2 is 2.00 bits per heavy atom. The van der Waals surface area contributed by atoms with E-state index < -0.39 is 0 Å². The molecule has 1 saturated carbocycles. The summed E-state index contributed by atoms with van der Waals surface area (Å²) in [6, 6.07) is 7.70. The number of amides is 2. The molecule has 3 aliphatic rings. The largest absolute Gasteiger partial charge is 0.355 e. The second kappa shape index (κ2) is 10.9. The van der Waals surface area contributed by atoms with Crippen LogP contribution >= 0.6 is 23.4 Å². The lowest BCUT2D eigenvalue weighted by Crippen LogP contribution is -2.54. The average molecular weight is 462 g/mol. The smallest absolute Gasteiger partial charge is 0.261 e. The van der Waals surface area contributed by atoms with Crippen LogP contribution in [0.5, 0.6) is 0 Å². The van der Waals surface area contributed by atoms with E-state index in [9.17, 15) is 9.59 Å². The van der Waals surface area contributed by atoms with E-state index in [4.69, 9.17) is 11.6 Å². The van der Waals surface area contributed by atoms with Gasteiger partial charge in [0.25, 0.3) is 5.91 Å². The van der Waals surface area contributed by atoms with Crippen LogP contribution in [0.25, 0.3) is 6.08 Å². The summed E-state index contributed by atoms with van der Waals surface area (Å²) in [7, 11) is 0. The highest BCUT2D eigenvalue weighted by atomic mass is 35.5. The number of benzene rings is 1. The number of hydrogen-bond donors (Lipinski definition) is 1. The van der Waals surface area contributed by atoms with Gasteiger partial charge in [-0.05, 0) is 75.5 Å². The van der Waals surface area contributed by atoms with Crippen LogP contribution in [0.4, 0.5) is 0 Å². The average Bonchev–Trinajstić information content (AvgIpc) is 3.28. The fourth-order valence-electron chi connectivity index (χ4n) is 4.86. The van der Waals surface area contributed by atoms with E-state index >= 15 is 0 Å². The van der Waals surface area contributed by atoms with Gasteiger partial charge in [-0.25, -0.2) is 0 Å². The first-order valence-electron chi connectivity index (χ1n) is 11.5. The number of hydrogen-bond acceptors (Lipinski definition) is 4. The minimum absolute atomic E-state index is 0.0275. The van der Waals surface area contributed by atoms with Crippen molar-refractivity contribution in [2.75, 3.05) is 32.7 Å². The summed E-state index contributed by atoms with van der Waals surface area (Å²) >= 11 is 7.80. The third kappa shape index (κ3) is 6.05. The summed E-state index contributed by atoms with van der Waals surface area (Å²) in [5.74, 6) is -0.0755. The molecule has 1 aromatic carbocycles. The molecule has 2 amide bonds. The monoisotopic (exact) mass is 461 g/mol. The molecule has 31 heavy (non-hydrogen) atoms. The molecule has 1 N–H and O–H groups in total. The van der Waals surface area contributed by atoms with Crippen molar-refractivity contribution >= 4 is 41.3 Å². The molecule has 0 aromatic heterocycles. The molecule has 5 nitrogen and oxygen atoms in total. The zero-order chi connectivity index (χ0) is 21.6. The third-order valence-electron chi connectivity index (χ3n) is 6.45. The van der Waals surface area contributed by atoms with Crippen molar-refractivity contribution in [3.05, 3.63) is 39.8 Å². The summed E-state index contributed by atoms with van der Waals surface area (Å²) in [5, 5.41) is 4.06. The van der Waals surface area contributed by atoms with Crippen LogP contribution in [0.2, 0.25) is 5.02 Å². The third-order valence-corrected chi connectivity index (χ3v) is 8.08. The summed E-state index contributed by atoms with van der Waals surface area (Å²) in [5.41, 5.74) is 0.920. The van der Waals surface area contributed by atoms with E-state index in [1.165, 1.54) is 32.4 Å². The van der Waals surface area contributed by atoms with Gasteiger partial charge in [0.2, 0.25) is 5.91 Å². The molecule has 1 aromatic rings. The van der Waals surface area contributed by atoms with Gasteiger partial charge in [0.15, 0.2) is 0 Å². The molecule has 2 aliphatic heterocycles. The fourth-order valence-corrected chi connectivity index (χ4v) is 6.53. The second-order valence-corrected chi connectivity index (χ2v) is 10.5. The summed E-state index contributed by atoms with van der Waals surface area (Å²) < 4.78 is 0. The zero-order valence-electron chi connectivity index (χ0n) is 18.0. The van der Waals surface area contributed by atoms with Gasteiger partial charge in [-0.1, -0.05) is 36.6 Å². The van der Waals surface area contributed by atoms with Crippen LogP contribution in [-0.4, -0.2) is 65.6 Å². The van der Waals surface area contributed by atoms with Gasteiger partial charge >= 0.3 is 0 Å². The van der Waals surface area contributed by atoms with Crippen LogP contribution in [0.1, 0.15) is 50.5 Å². The Morgan fingerprint density at radius 1 is 1.19 bits per heavy atom. The molecule has 2 saturated heterocycles. The lowest BCUT2D eigenvalue weighted by Gasteiger charge is -2.43. The Bertz CT molecular complexity index is 825. The number of halogens is 1. The van der Waals surface area contributed by atoms with Crippen molar-refractivity contribution in [3.63, 3.8) is 0 Å². The molecule has 0 bridgehead atoms. The Balaban J connectivity index is 1.38. The number of nitrogens with one attached hydrogen (secondary N) is 1. The predicted molar refractivity (Wildman–Crippen MR) is 128 cm³/mol. The molecule has 0 spiro atoms. The number of likely N-dealkylation sites (tertiary alicyclic amines) is 1. The molecule has 4 rings (SSSR count). The molecule has 1 aliphatic carbocycles. The quantitative estimate of drug-likeness (QED) is 0.489. The van der Waals surface area contributed by atoms with Crippen molar-refractivity contribution < 1.29 is 9.59 Å². The standard InChI is InChI=1S/C24H32ClN3O2S/c25-19-8-5-7-18(15-19)16-22-24(30)28(20-9-1-2-10-21(20)31-22)17-23(29)26-11-6-14-27-12-3-4-13-27/h5,7-8,15-16,20-21H,1-4,6,9-14,17H2,(H,26,29)/b22-16-. The highest BCUT2D eigenvalue weighted by molar-refractivity contribution is 8.04. The van der Waals surface area contributed by atoms with Crippen molar-refractivity contribution in [2.24, 2.45) is 0 Å². The first kappa shape index (κ1) is 22.7. The van der Waals surface area contributed by atoms with Gasteiger partial charge in [-0.3, -0.25) is 9.59 Å².